The van der Waals surface area contributed by atoms with Crippen LogP contribution in [0.5, 0.6) is 0 Å². The standard InChI is InChI=1S/C22H28BrN3O/c23-19-6-4-5-18(15-19)16-24-10-9-22(27)21(17-24)26-13-11-25(12-14-26)20-7-2-1-3-8-20/h1-8,15,21-22,27H,9-14,16-17H2. The van der Waals surface area contributed by atoms with Crippen LogP contribution in [-0.4, -0.2) is 66.3 Å². The highest BCUT2D eigenvalue weighted by atomic mass is 79.9. The summed E-state index contributed by atoms with van der Waals surface area (Å²) < 4.78 is 1.13. The van der Waals surface area contributed by atoms with E-state index in [9.17, 15) is 5.11 Å². The molecule has 0 saturated carbocycles. The number of hydrogen-bond donors (Lipinski definition) is 1. The summed E-state index contributed by atoms with van der Waals surface area (Å²) in [4.78, 5) is 7.44. The molecule has 2 aliphatic rings. The fourth-order valence-electron chi connectivity index (χ4n) is 4.33. The molecule has 2 heterocycles. The molecule has 0 radical (unpaired) electrons. The van der Waals surface area contributed by atoms with Gasteiger partial charge in [0.25, 0.3) is 0 Å². The summed E-state index contributed by atoms with van der Waals surface area (Å²) in [6.07, 6.45) is 0.643. The molecule has 2 unspecified atom stereocenters. The van der Waals surface area contributed by atoms with Crippen LogP contribution >= 0.6 is 15.9 Å². The van der Waals surface area contributed by atoms with Gasteiger partial charge < -0.3 is 10.0 Å². The number of para-hydroxylation sites is 1. The van der Waals surface area contributed by atoms with Crippen molar-refractivity contribution in [2.24, 2.45) is 0 Å². The van der Waals surface area contributed by atoms with Gasteiger partial charge in [-0.15, -0.1) is 0 Å². The Hall–Kier alpha value is -1.40. The molecule has 0 amide bonds. The highest BCUT2D eigenvalue weighted by molar-refractivity contribution is 9.10. The Balaban J connectivity index is 1.35. The number of nitrogens with zero attached hydrogens (tertiary/aromatic N) is 3. The molecule has 4 rings (SSSR count). The Morgan fingerprint density at radius 2 is 1.70 bits per heavy atom. The van der Waals surface area contributed by atoms with Crippen LogP contribution < -0.4 is 4.90 Å². The van der Waals surface area contributed by atoms with Crippen LogP contribution in [0.1, 0.15) is 12.0 Å². The second kappa shape index (κ2) is 8.74. The highest BCUT2D eigenvalue weighted by Crippen LogP contribution is 2.23. The fraction of sp³-hybridized carbons (Fsp3) is 0.455. The fourth-order valence-corrected chi connectivity index (χ4v) is 4.78. The van der Waals surface area contributed by atoms with Crippen LogP contribution in [0, 0.1) is 0 Å². The Kier molecular flexibility index (Phi) is 6.13. The summed E-state index contributed by atoms with van der Waals surface area (Å²) in [6.45, 7) is 6.94. The second-order valence-corrected chi connectivity index (χ2v) is 8.56. The van der Waals surface area contributed by atoms with Gasteiger partial charge in [0.05, 0.1) is 6.10 Å². The zero-order valence-corrected chi connectivity index (χ0v) is 17.3. The predicted octanol–water partition coefficient (Wildman–Crippen LogP) is 3.21. The number of hydrogen-bond acceptors (Lipinski definition) is 4. The SMILES string of the molecule is OC1CCN(Cc2cccc(Br)c2)CC1N1CCN(c2ccccc2)CC1. The van der Waals surface area contributed by atoms with Crippen molar-refractivity contribution < 1.29 is 5.11 Å². The minimum absolute atomic E-state index is 0.216. The highest BCUT2D eigenvalue weighted by Gasteiger charge is 2.33. The molecule has 2 atom stereocenters. The van der Waals surface area contributed by atoms with Crippen molar-refractivity contribution in [1.29, 1.82) is 0 Å². The van der Waals surface area contributed by atoms with Crippen molar-refractivity contribution in [2.75, 3.05) is 44.2 Å². The van der Waals surface area contributed by atoms with Crippen molar-refractivity contribution in [1.82, 2.24) is 9.80 Å². The van der Waals surface area contributed by atoms with Crippen LogP contribution in [0.3, 0.4) is 0 Å². The third kappa shape index (κ3) is 4.72. The Morgan fingerprint density at radius 1 is 0.926 bits per heavy atom. The van der Waals surface area contributed by atoms with E-state index in [2.05, 4.69) is 85.2 Å². The maximum absolute atomic E-state index is 10.6. The summed E-state index contributed by atoms with van der Waals surface area (Å²) in [5.41, 5.74) is 2.63. The lowest BCUT2D eigenvalue weighted by Gasteiger charge is -2.46. The van der Waals surface area contributed by atoms with E-state index >= 15 is 0 Å². The summed E-state index contributed by atoms with van der Waals surface area (Å²) in [7, 11) is 0. The van der Waals surface area contributed by atoms with Gasteiger partial charge in [0.15, 0.2) is 0 Å². The summed E-state index contributed by atoms with van der Waals surface area (Å²) in [5.74, 6) is 0. The molecule has 2 aromatic carbocycles. The van der Waals surface area contributed by atoms with Gasteiger partial charge in [-0.3, -0.25) is 9.80 Å². The van der Waals surface area contributed by atoms with Crippen molar-refractivity contribution in [3.63, 3.8) is 0 Å². The van der Waals surface area contributed by atoms with Crippen LogP contribution in [0.2, 0.25) is 0 Å². The molecule has 2 aliphatic heterocycles. The molecule has 2 fully saturated rings. The number of rotatable bonds is 4. The zero-order chi connectivity index (χ0) is 18.6. The number of aliphatic hydroxyl groups excluding tert-OH is 1. The summed E-state index contributed by atoms with van der Waals surface area (Å²) >= 11 is 3.56. The molecule has 1 N–H and O–H groups in total. The Labute approximate surface area is 170 Å². The normalized spacial score (nSPS) is 24.9. The first-order valence-electron chi connectivity index (χ1n) is 9.88. The molecule has 5 heteroatoms. The lowest BCUT2D eigenvalue weighted by Crippen LogP contribution is -2.59. The monoisotopic (exact) mass is 429 g/mol. The minimum atomic E-state index is -0.216. The molecule has 2 saturated heterocycles. The van der Waals surface area contributed by atoms with Crippen LogP contribution in [0.25, 0.3) is 0 Å². The van der Waals surface area contributed by atoms with Gasteiger partial charge in [0.1, 0.15) is 0 Å². The number of halogens is 1. The number of piperazine rings is 1. The lowest BCUT2D eigenvalue weighted by atomic mass is 9.99. The van der Waals surface area contributed by atoms with Gasteiger partial charge >= 0.3 is 0 Å². The number of anilines is 1. The van der Waals surface area contributed by atoms with E-state index in [0.717, 1.165) is 56.7 Å². The number of piperidine rings is 1. The van der Waals surface area contributed by atoms with Gasteiger partial charge in [0.2, 0.25) is 0 Å². The zero-order valence-electron chi connectivity index (χ0n) is 15.7. The van der Waals surface area contributed by atoms with Crippen LogP contribution in [0.4, 0.5) is 5.69 Å². The molecule has 27 heavy (non-hydrogen) atoms. The first-order chi connectivity index (χ1) is 13.2. The Bertz CT molecular complexity index is 733. The van der Waals surface area contributed by atoms with Gasteiger partial charge in [0, 0.05) is 62.0 Å². The molecule has 144 valence electrons. The van der Waals surface area contributed by atoms with Gasteiger partial charge in [-0.1, -0.05) is 46.3 Å². The van der Waals surface area contributed by atoms with Crippen LogP contribution in [0.15, 0.2) is 59.1 Å². The van der Waals surface area contributed by atoms with Crippen molar-refractivity contribution >= 4 is 21.6 Å². The number of aliphatic hydroxyl groups is 1. The molecule has 2 aromatic rings. The molecule has 0 aromatic heterocycles. The van der Waals surface area contributed by atoms with Gasteiger partial charge in [-0.2, -0.15) is 0 Å². The van der Waals surface area contributed by atoms with Gasteiger partial charge in [-0.25, -0.2) is 0 Å². The van der Waals surface area contributed by atoms with Crippen LogP contribution in [-0.2, 0) is 6.54 Å². The summed E-state index contributed by atoms with van der Waals surface area (Å²) in [5, 5.41) is 10.6. The number of likely N-dealkylation sites (tertiary alicyclic amines) is 1. The lowest BCUT2D eigenvalue weighted by molar-refractivity contribution is -0.0158. The smallest absolute Gasteiger partial charge is 0.0720 e. The molecular formula is C22H28BrN3O. The third-order valence-corrected chi connectivity index (χ3v) is 6.32. The molecule has 4 nitrogen and oxygen atoms in total. The van der Waals surface area contributed by atoms with E-state index in [0.29, 0.717) is 0 Å². The van der Waals surface area contributed by atoms with E-state index in [-0.39, 0.29) is 12.1 Å². The van der Waals surface area contributed by atoms with E-state index < -0.39 is 0 Å². The largest absolute Gasteiger partial charge is 0.391 e. The maximum atomic E-state index is 10.6. The predicted molar refractivity (Wildman–Crippen MR) is 114 cm³/mol. The summed E-state index contributed by atoms with van der Waals surface area (Å²) in [6, 6.07) is 19.4. The van der Waals surface area contributed by atoms with E-state index in [1.54, 1.807) is 0 Å². The van der Waals surface area contributed by atoms with E-state index in [1.165, 1.54) is 11.3 Å². The first kappa shape index (κ1) is 18.9. The van der Waals surface area contributed by atoms with Crippen molar-refractivity contribution in [2.45, 2.75) is 25.1 Å². The average molecular weight is 430 g/mol. The van der Waals surface area contributed by atoms with E-state index in [1.807, 2.05) is 0 Å². The minimum Gasteiger partial charge on any atom is -0.391 e. The third-order valence-electron chi connectivity index (χ3n) is 5.83. The maximum Gasteiger partial charge on any atom is 0.0720 e. The van der Waals surface area contributed by atoms with Crippen molar-refractivity contribution in [3.8, 4) is 0 Å². The average Bonchev–Trinajstić information content (AvgIpc) is 2.70. The van der Waals surface area contributed by atoms with E-state index in [4.69, 9.17) is 0 Å². The second-order valence-electron chi connectivity index (χ2n) is 7.65. The Morgan fingerprint density at radius 3 is 2.44 bits per heavy atom. The van der Waals surface area contributed by atoms with Crippen molar-refractivity contribution in [3.05, 3.63) is 64.6 Å². The molecule has 0 bridgehead atoms. The van der Waals surface area contributed by atoms with Gasteiger partial charge in [-0.05, 0) is 36.2 Å². The molecular weight excluding hydrogens is 402 g/mol. The quantitative estimate of drug-likeness (QED) is 0.807. The molecule has 0 aliphatic carbocycles. The molecule has 0 spiro atoms. The number of benzene rings is 2. The first-order valence-corrected chi connectivity index (χ1v) is 10.7. The topological polar surface area (TPSA) is 30.0 Å².